The van der Waals surface area contributed by atoms with Gasteiger partial charge < -0.3 is 10.0 Å². The smallest absolute Gasteiger partial charge is 0.328 e. The Morgan fingerprint density at radius 3 is 2.81 bits per heavy atom. The zero-order valence-electron chi connectivity index (χ0n) is 11.5. The van der Waals surface area contributed by atoms with Crippen LogP contribution in [0.3, 0.4) is 0 Å². The van der Waals surface area contributed by atoms with Gasteiger partial charge in [-0.15, -0.1) is 0 Å². The summed E-state index contributed by atoms with van der Waals surface area (Å²) < 4.78 is 13.9. The molecule has 0 fully saturated rings. The number of aromatic nitrogens is 1. The SMILES string of the molecule is CN(Cc1ccccn1)c1cccc(F)c1/C=C/C(=O)O. The molecule has 4 nitrogen and oxygen atoms in total. The Bertz CT molecular complexity index is 657. The van der Waals surface area contributed by atoms with Gasteiger partial charge in [0.1, 0.15) is 5.82 Å². The average molecular weight is 286 g/mol. The standard InChI is InChI=1S/C16H15FN2O2/c1-19(11-12-5-2-3-10-18-12)15-7-4-6-14(17)13(15)8-9-16(20)21/h2-10H,11H2,1H3,(H,20,21)/b9-8+. The summed E-state index contributed by atoms with van der Waals surface area (Å²) in [4.78, 5) is 16.7. The molecule has 0 spiro atoms. The summed E-state index contributed by atoms with van der Waals surface area (Å²) in [6.07, 6.45) is 3.89. The number of nitrogens with zero attached hydrogens (tertiary/aromatic N) is 2. The lowest BCUT2D eigenvalue weighted by molar-refractivity contribution is -0.131. The highest BCUT2D eigenvalue weighted by Crippen LogP contribution is 2.24. The molecule has 0 amide bonds. The summed E-state index contributed by atoms with van der Waals surface area (Å²) in [5, 5.41) is 8.70. The summed E-state index contributed by atoms with van der Waals surface area (Å²) in [5.74, 6) is -1.57. The molecule has 0 atom stereocenters. The number of carbonyl (C=O) groups is 1. The molecule has 0 saturated carbocycles. The molecule has 0 radical (unpaired) electrons. The molecule has 2 aromatic rings. The first kappa shape index (κ1) is 14.7. The highest BCUT2D eigenvalue weighted by Gasteiger charge is 2.11. The largest absolute Gasteiger partial charge is 0.478 e. The fraction of sp³-hybridized carbons (Fsp3) is 0.125. The van der Waals surface area contributed by atoms with E-state index in [2.05, 4.69) is 4.98 Å². The maximum Gasteiger partial charge on any atom is 0.328 e. The molecule has 21 heavy (non-hydrogen) atoms. The van der Waals surface area contributed by atoms with E-state index in [1.165, 1.54) is 12.1 Å². The number of hydrogen-bond donors (Lipinski definition) is 1. The van der Waals surface area contributed by atoms with Crippen molar-refractivity contribution in [3.8, 4) is 0 Å². The van der Waals surface area contributed by atoms with E-state index in [0.29, 0.717) is 12.2 Å². The molecule has 0 unspecified atom stereocenters. The lowest BCUT2D eigenvalue weighted by Gasteiger charge is -2.21. The number of pyridine rings is 1. The Kier molecular flexibility index (Phi) is 4.66. The third kappa shape index (κ3) is 3.89. The van der Waals surface area contributed by atoms with Crippen molar-refractivity contribution in [3.63, 3.8) is 0 Å². The highest BCUT2D eigenvalue weighted by atomic mass is 19.1. The molecular weight excluding hydrogens is 271 g/mol. The number of anilines is 1. The van der Waals surface area contributed by atoms with Gasteiger partial charge in [0, 0.05) is 30.6 Å². The second kappa shape index (κ2) is 6.65. The van der Waals surface area contributed by atoms with E-state index < -0.39 is 11.8 Å². The molecule has 0 aliphatic rings. The van der Waals surface area contributed by atoms with Crippen molar-refractivity contribution in [2.45, 2.75) is 6.54 Å². The Morgan fingerprint density at radius 1 is 1.33 bits per heavy atom. The lowest BCUT2D eigenvalue weighted by atomic mass is 10.1. The van der Waals surface area contributed by atoms with Crippen molar-refractivity contribution in [2.75, 3.05) is 11.9 Å². The Labute approximate surface area is 122 Å². The number of hydrogen-bond acceptors (Lipinski definition) is 3. The minimum Gasteiger partial charge on any atom is -0.478 e. The summed E-state index contributed by atoms with van der Waals surface area (Å²) in [6.45, 7) is 0.498. The van der Waals surface area contributed by atoms with Crippen molar-refractivity contribution in [2.24, 2.45) is 0 Å². The first-order valence-corrected chi connectivity index (χ1v) is 6.38. The second-order valence-corrected chi connectivity index (χ2v) is 4.52. The summed E-state index contributed by atoms with van der Waals surface area (Å²) in [7, 11) is 1.81. The third-order valence-electron chi connectivity index (χ3n) is 2.96. The zero-order chi connectivity index (χ0) is 15.2. The van der Waals surface area contributed by atoms with Crippen LogP contribution in [0.2, 0.25) is 0 Å². The van der Waals surface area contributed by atoms with Crippen LogP contribution in [0.4, 0.5) is 10.1 Å². The Hall–Kier alpha value is -2.69. The molecule has 0 bridgehead atoms. The molecule has 0 aliphatic carbocycles. The van der Waals surface area contributed by atoms with E-state index in [1.807, 2.05) is 30.1 Å². The third-order valence-corrected chi connectivity index (χ3v) is 2.96. The normalized spacial score (nSPS) is 10.8. The summed E-state index contributed by atoms with van der Waals surface area (Å²) >= 11 is 0. The van der Waals surface area contributed by atoms with Crippen LogP contribution in [0, 0.1) is 5.82 Å². The minimum absolute atomic E-state index is 0.248. The van der Waals surface area contributed by atoms with Crippen LogP contribution < -0.4 is 4.90 Å². The molecule has 5 heteroatoms. The number of aliphatic carboxylic acids is 1. The molecule has 1 heterocycles. The minimum atomic E-state index is -1.11. The fourth-order valence-corrected chi connectivity index (χ4v) is 2.00. The van der Waals surface area contributed by atoms with E-state index in [1.54, 1.807) is 18.3 Å². The van der Waals surface area contributed by atoms with Crippen LogP contribution in [0.5, 0.6) is 0 Å². The van der Waals surface area contributed by atoms with Crippen molar-refractivity contribution >= 4 is 17.7 Å². The van der Waals surface area contributed by atoms with Crippen LogP contribution in [-0.4, -0.2) is 23.1 Å². The molecular formula is C16H15FN2O2. The van der Waals surface area contributed by atoms with E-state index in [4.69, 9.17) is 5.11 Å². The van der Waals surface area contributed by atoms with Gasteiger partial charge in [-0.1, -0.05) is 12.1 Å². The predicted octanol–water partition coefficient (Wildman–Crippen LogP) is 2.95. The molecule has 1 aromatic heterocycles. The topological polar surface area (TPSA) is 53.4 Å². The quantitative estimate of drug-likeness (QED) is 0.859. The summed E-state index contributed by atoms with van der Waals surface area (Å²) in [6, 6.07) is 10.2. The van der Waals surface area contributed by atoms with Crippen molar-refractivity contribution < 1.29 is 14.3 Å². The number of halogens is 1. The van der Waals surface area contributed by atoms with Crippen LogP contribution in [0.25, 0.3) is 6.08 Å². The first-order chi connectivity index (χ1) is 10.1. The lowest BCUT2D eigenvalue weighted by Crippen LogP contribution is -2.18. The van der Waals surface area contributed by atoms with Crippen LogP contribution >= 0.6 is 0 Å². The average Bonchev–Trinajstić information content (AvgIpc) is 2.46. The number of carboxylic acid groups (broad SMARTS) is 1. The summed E-state index contributed by atoms with van der Waals surface area (Å²) in [5.41, 5.74) is 1.70. The number of rotatable bonds is 5. The van der Waals surface area contributed by atoms with E-state index in [-0.39, 0.29) is 5.56 Å². The number of carboxylic acids is 1. The molecule has 0 saturated heterocycles. The van der Waals surface area contributed by atoms with Gasteiger partial charge in [0.15, 0.2) is 0 Å². The van der Waals surface area contributed by atoms with E-state index in [0.717, 1.165) is 11.8 Å². The molecule has 1 aromatic carbocycles. The predicted molar refractivity (Wildman–Crippen MR) is 79.4 cm³/mol. The van der Waals surface area contributed by atoms with Crippen molar-refractivity contribution in [3.05, 3.63) is 65.7 Å². The monoisotopic (exact) mass is 286 g/mol. The van der Waals surface area contributed by atoms with Gasteiger partial charge in [0.05, 0.1) is 12.2 Å². The van der Waals surface area contributed by atoms with Crippen LogP contribution in [-0.2, 0) is 11.3 Å². The van der Waals surface area contributed by atoms with E-state index in [9.17, 15) is 9.18 Å². The van der Waals surface area contributed by atoms with Crippen molar-refractivity contribution in [1.29, 1.82) is 0 Å². The Morgan fingerprint density at radius 2 is 2.14 bits per heavy atom. The molecule has 0 aliphatic heterocycles. The zero-order valence-corrected chi connectivity index (χ0v) is 11.5. The van der Waals surface area contributed by atoms with Gasteiger partial charge >= 0.3 is 5.97 Å². The highest BCUT2D eigenvalue weighted by molar-refractivity contribution is 5.87. The second-order valence-electron chi connectivity index (χ2n) is 4.52. The number of benzene rings is 1. The maximum absolute atomic E-state index is 13.9. The van der Waals surface area contributed by atoms with Crippen molar-refractivity contribution in [1.82, 2.24) is 4.98 Å². The van der Waals surface area contributed by atoms with Gasteiger partial charge in [-0.05, 0) is 30.3 Å². The molecule has 108 valence electrons. The molecule has 2 rings (SSSR count). The fourth-order valence-electron chi connectivity index (χ4n) is 2.00. The maximum atomic E-state index is 13.9. The van der Waals surface area contributed by atoms with E-state index >= 15 is 0 Å². The Balaban J connectivity index is 2.30. The van der Waals surface area contributed by atoms with Crippen LogP contribution in [0.1, 0.15) is 11.3 Å². The van der Waals surface area contributed by atoms with Gasteiger partial charge in [0.2, 0.25) is 0 Å². The molecule has 1 N–H and O–H groups in total. The van der Waals surface area contributed by atoms with Gasteiger partial charge in [-0.3, -0.25) is 4.98 Å². The van der Waals surface area contributed by atoms with Gasteiger partial charge in [-0.25, -0.2) is 9.18 Å². The van der Waals surface area contributed by atoms with Crippen LogP contribution in [0.15, 0.2) is 48.7 Å². The van der Waals surface area contributed by atoms with Gasteiger partial charge in [0.25, 0.3) is 0 Å². The van der Waals surface area contributed by atoms with Gasteiger partial charge in [-0.2, -0.15) is 0 Å². The first-order valence-electron chi connectivity index (χ1n) is 6.38.